The molecule has 2 rings (SSSR count). The number of hydrogen-bond donors (Lipinski definition) is 1. The molecule has 0 saturated carbocycles. The van der Waals surface area contributed by atoms with E-state index in [-0.39, 0.29) is 6.04 Å². The average molecular weight is 267 g/mol. The number of ether oxygens (including phenoxy) is 1. The van der Waals surface area contributed by atoms with Crippen molar-refractivity contribution in [2.75, 3.05) is 26.0 Å². The van der Waals surface area contributed by atoms with Gasteiger partial charge in [0.1, 0.15) is 0 Å². The first-order valence-corrected chi connectivity index (χ1v) is 7.86. The summed E-state index contributed by atoms with van der Waals surface area (Å²) in [6.07, 6.45) is 1.86. The summed E-state index contributed by atoms with van der Waals surface area (Å²) in [7, 11) is 1.15. The van der Waals surface area contributed by atoms with E-state index in [1.807, 2.05) is 25.2 Å². The Kier molecular flexibility index (Phi) is 5.35. The van der Waals surface area contributed by atoms with Crippen molar-refractivity contribution in [3.8, 4) is 0 Å². The largest absolute Gasteiger partial charge is 0.381 e. The van der Waals surface area contributed by atoms with Crippen LogP contribution in [0.2, 0.25) is 0 Å². The van der Waals surface area contributed by atoms with Crippen LogP contribution in [-0.2, 0) is 15.5 Å². The first-order chi connectivity index (χ1) is 8.81. The fourth-order valence-electron chi connectivity index (χ4n) is 2.27. The molecule has 0 spiro atoms. The number of nitrogens with one attached hydrogen (secondary N) is 1. The summed E-state index contributed by atoms with van der Waals surface area (Å²) in [5.41, 5.74) is 1.21. The number of rotatable bonds is 5. The molecule has 1 N–H and O–H groups in total. The van der Waals surface area contributed by atoms with E-state index < -0.39 is 10.8 Å². The second-order valence-electron chi connectivity index (χ2n) is 4.61. The molecule has 100 valence electrons. The van der Waals surface area contributed by atoms with Crippen LogP contribution in [0.5, 0.6) is 0 Å². The molecular weight excluding hydrogens is 246 g/mol. The van der Waals surface area contributed by atoms with Crippen molar-refractivity contribution in [2.24, 2.45) is 0 Å². The van der Waals surface area contributed by atoms with E-state index in [4.69, 9.17) is 4.74 Å². The van der Waals surface area contributed by atoms with Crippen LogP contribution in [0.1, 0.15) is 24.4 Å². The average Bonchev–Trinajstić information content (AvgIpc) is 2.46. The molecule has 1 aromatic carbocycles. The quantitative estimate of drug-likeness (QED) is 0.885. The minimum Gasteiger partial charge on any atom is -0.381 e. The lowest BCUT2D eigenvalue weighted by atomic mass is 10.1. The Morgan fingerprint density at radius 1 is 1.33 bits per heavy atom. The van der Waals surface area contributed by atoms with Crippen molar-refractivity contribution in [3.05, 3.63) is 35.9 Å². The van der Waals surface area contributed by atoms with Crippen molar-refractivity contribution in [1.82, 2.24) is 5.32 Å². The van der Waals surface area contributed by atoms with Gasteiger partial charge >= 0.3 is 0 Å². The predicted octanol–water partition coefficient (Wildman–Crippen LogP) is 1.87. The zero-order chi connectivity index (χ0) is 12.8. The Morgan fingerprint density at radius 3 is 2.61 bits per heavy atom. The van der Waals surface area contributed by atoms with E-state index in [2.05, 4.69) is 17.4 Å². The van der Waals surface area contributed by atoms with E-state index in [1.165, 1.54) is 5.56 Å². The van der Waals surface area contributed by atoms with Crippen molar-refractivity contribution in [1.29, 1.82) is 0 Å². The minimum atomic E-state index is -0.779. The van der Waals surface area contributed by atoms with Gasteiger partial charge in [0.25, 0.3) is 0 Å². The highest BCUT2D eigenvalue weighted by Crippen LogP contribution is 2.19. The predicted molar refractivity (Wildman–Crippen MR) is 75.1 cm³/mol. The smallest absolute Gasteiger partial charge is 0.0477 e. The lowest BCUT2D eigenvalue weighted by molar-refractivity contribution is 0.0992. The van der Waals surface area contributed by atoms with E-state index in [1.54, 1.807) is 0 Å². The second-order valence-corrected chi connectivity index (χ2v) is 6.37. The van der Waals surface area contributed by atoms with Crippen LogP contribution >= 0.6 is 0 Å². The summed E-state index contributed by atoms with van der Waals surface area (Å²) >= 11 is 0. The monoisotopic (exact) mass is 267 g/mol. The third-order valence-electron chi connectivity index (χ3n) is 3.42. The van der Waals surface area contributed by atoms with Gasteiger partial charge in [0, 0.05) is 41.1 Å². The van der Waals surface area contributed by atoms with E-state index in [0.717, 1.165) is 26.1 Å². The maximum atomic E-state index is 12.4. The summed E-state index contributed by atoms with van der Waals surface area (Å²) in [4.78, 5) is 0. The van der Waals surface area contributed by atoms with Crippen molar-refractivity contribution in [3.63, 3.8) is 0 Å². The van der Waals surface area contributed by atoms with Crippen molar-refractivity contribution in [2.45, 2.75) is 24.1 Å². The summed E-state index contributed by atoms with van der Waals surface area (Å²) in [6, 6.07) is 10.4. The normalized spacial score (nSPS) is 20.5. The maximum absolute atomic E-state index is 12.4. The van der Waals surface area contributed by atoms with Crippen LogP contribution in [0, 0.1) is 0 Å². The van der Waals surface area contributed by atoms with Crippen LogP contribution in [-0.4, -0.2) is 35.5 Å². The summed E-state index contributed by atoms with van der Waals surface area (Å²) in [5, 5.41) is 3.57. The summed E-state index contributed by atoms with van der Waals surface area (Å²) in [6.45, 7) is 1.51. The molecule has 2 atom stereocenters. The molecular formula is C14H21NO2S. The van der Waals surface area contributed by atoms with Gasteiger partial charge < -0.3 is 10.1 Å². The van der Waals surface area contributed by atoms with Gasteiger partial charge in [0.05, 0.1) is 0 Å². The van der Waals surface area contributed by atoms with E-state index in [9.17, 15) is 4.21 Å². The Balaban J connectivity index is 1.95. The molecule has 0 bridgehead atoms. The fraction of sp³-hybridized carbons (Fsp3) is 0.571. The summed E-state index contributed by atoms with van der Waals surface area (Å²) < 4.78 is 17.7. The zero-order valence-electron chi connectivity index (χ0n) is 10.8. The molecule has 3 nitrogen and oxygen atoms in total. The van der Waals surface area contributed by atoms with Crippen LogP contribution in [0.3, 0.4) is 0 Å². The molecule has 2 unspecified atom stereocenters. The maximum Gasteiger partial charge on any atom is 0.0477 e. The Morgan fingerprint density at radius 2 is 2.00 bits per heavy atom. The van der Waals surface area contributed by atoms with Crippen LogP contribution in [0.25, 0.3) is 0 Å². The lowest BCUT2D eigenvalue weighted by Crippen LogP contribution is -2.31. The third-order valence-corrected chi connectivity index (χ3v) is 5.30. The second kappa shape index (κ2) is 7.02. The van der Waals surface area contributed by atoms with Gasteiger partial charge in [-0.1, -0.05) is 30.3 Å². The highest BCUT2D eigenvalue weighted by molar-refractivity contribution is 7.85. The molecule has 0 aliphatic carbocycles. The first-order valence-electron chi connectivity index (χ1n) is 6.48. The van der Waals surface area contributed by atoms with Crippen LogP contribution in [0.15, 0.2) is 30.3 Å². The first kappa shape index (κ1) is 13.7. The van der Waals surface area contributed by atoms with Crippen LogP contribution in [0.4, 0.5) is 0 Å². The Hall–Kier alpha value is -0.710. The van der Waals surface area contributed by atoms with Gasteiger partial charge in [0.15, 0.2) is 0 Å². The van der Waals surface area contributed by atoms with Gasteiger partial charge in [-0.15, -0.1) is 0 Å². The molecule has 1 heterocycles. The van der Waals surface area contributed by atoms with Gasteiger partial charge in [-0.2, -0.15) is 0 Å². The topological polar surface area (TPSA) is 38.3 Å². The van der Waals surface area contributed by atoms with Crippen molar-refractivity contribution < 1.29 is 8.95 Å². The molecule has 1 saturated heterocycles. The van der Waals surface area contributed by atoms with Gasteiger partial charge in [-0.25, -0.2) is 0 Å². The fourth-order valence-corrected chi connectivity index (χ4v) is 3.95. The molecule has 1 aromatic rings. The molecule has 18 heavy (non-hydrogen) atoms. The number of benzene rings is 1. The Labute approximate surface area is 111 Å². The SMILES string of the molecule is CNC(CS(=O)C1CCOCC1)c1ccccc1. The molecule has 1 aliphatic rings. The lowest BCUT2D eigenvalue weighted by Gasteiger charge is -2.24. The van der Waals surface area contributed by atoms with Gasteiger partial charge in [0.2, 0.25) is 0 Å². The summed E-state index contributed by atoms with van der Waals surface area (Å²) in [5.74, 6) is 0.686. The zero-order valence-corrected chi connectivity index (χ0v) is 11.6. The molecule has 1 aliphatic heterocycles. The van der Waals surface area contributed by atoms with Gasteiger partial charge in [-0.05, 0) is 25.5 Å². The van der Waals surface area contributed by atoms with Crippen molar-refractivity contribution >= 4 is 10.8 Å². The standard InChI is InChI=1S/C14H21NO2S/c1-15-14(12-5-3-2-4-6-12)11-18(16)13-7-9-17-10-8-13/h2-6,13-15H,7-11H2,1H3. The van der Waals surface area contributed by atoms with E-state index in [0.29, 0.717) is 11.0 Å². The highest BCUT2D eigenvalue weighted by atomic mass is 32.2. The van der Waals surface area contributed by atoms with E-state index >= 15 is 0 Å². The number of hydrogen-bond acceptors (Lipinski definition) is 3. The molecule has 1 fully saturated rings. The minimum absolute atomic E-state index is 0.176. The molecule has 4 heteroatoms. The molecule has 0 amide bonds. The third kappa shape index (κ3) is 3.64. The molecule has 0 radical (unpaired) electrons. The Bertz CT molecular complexity index is 377. The van der Waals surface area contributed by atoms with Crippen LogP contribution < -0.4 is 5.32 Å². The van der Waals surface area contributed by atoms with Gasteiger partial charge in [-0.3, -0.25) is 4.21 Å². The highest BCUT2D eigenvalue weighted by Gasteiger charge is 2.23. The molecule has 0 aromatic heterocycles.